The number of hydrogen-bond donors (Lipinski definition) is 0. The molecule has 0 spiro atoms. The number of rotatable bonds is 9. The Morgan fingerprint density at radius 2 is 1.68 bits per heavy atom. The van der Waals surface area contributed by atoms with Crippen LogP contribution in [0.3, 0.4) is 0 Å². The smallest absolute Gasteiger partial charge is 0.277 e. The van der Waals surface area contributed by atoms with Crippen LogP contribution < -0.4 is 9.64 Å². The molecule has 0 bridgehead atoms. The Balaban J connectivity index is 1.38. The molecular formula is C23H24N4O2S2. The Morgan fingerprint density at radius 3 is 2.35 bits per heavy atom. The number of hydrogen-bond acceptors (Lipinski definition) is 8. The van der Waals surface area contributed by atoms with Gasteiger partial charge in [0, 0.05) is 41.0 Å². The summed E-state index contributed by atoms with van der Waals surface area (Å²) < 4.78 is 11.1. The normalized spacial score (nSPS) is 10.9. The van der Waals surface area contributed by atoms with Crippen molar-refractivity contribution >= 4 is 28.8 Å². The maximum Gasteiger partial charge on any atom is 0.277 e. The molecule has 0 atom stereocenters. The standard InChI is InChI=1S/C23H24N4O2S2/c1-4-27(5-2)19-10-6-16(7-11-19)21-25-26-23(29-21)31-15-18-14-30-22(24-18)17-8-12-20(28-3)13-9-17/h6-14H,4-5,15H2,1-3H3. The van der Waals surface area contributed by atoms with Gasteiger partial charge in [0.1, 0.15) is 10.8 Å². The fraction of sp³-hybridized carbons (Fsp3) is 0.261. The average Bonchev–Trinajstić information content (AvgIpc) is 3.49. The molecule has 4 rings (SSSR count). The maximum atomic E-state index is 5.85. The molecule has 0 aliphatic rings. The molecule has 2 heterocycles. The van der Waals surface area contributed by atoms with Crippen LogP contribution in [-0.2, 0) is 5.75 Å². The fourth-order valence-electron chi connectivity index (χ4n) is 3.16. The molecule has 0 aliphatic heterocycles. The molecule has 0 radical (unpaired) electrons. The van der Waals surface area contributed by atoms with E-state index >= 15 is 0 Å². The lowest BCUT2D eigenvalue weighted by Gasteiger charge is -2.20. The molecule has 160 valence electrons. The van der Waals surface area contributed by atoms with Crippen LogP contribution in [0, 0.1) is 0 Å². The third kappa shape index (κ3) is 5.08. The Labute approximate surface area is 190 Å². The highest BCUT2D eigenvalue weighted by Gasteiger charge is 2.12. The summed E-state index contributed by atoms with van der Waals surface area (Å²) in [6.07, 6.45) is 0. The van der Waals surface area contributed by atoms with Gasteiger partial charge in [0.15, 0.2) is 0 Å². The van der Waals surface area contributed by atoms with Gasteiger partial charge >= 0.3 is 0 Å². The van der Waals surface area contributed by atoms with Gasteiger partial charge in [0.2, 0.25) is 5.89 Å². The third-order valence-corrected chi connectivity index (χ3v) is 6.67. The first-order chi connectivity index (χ1) is 15.2. The molecule has 0 saturated heterocycles. The summed E-state index contributed by atoms with van der Waals surface area (Å²) in [6.45, 7) is 6.27. The number of ether oxygens (including phenoxy) is 1. The van der Waals surface area contributed by atoms with E-state index in [0.29, 0.717) is 16.9 Å². The molecule has 4 aromatic rings. The summed E-state index contributed by atoms with van der Waals surface area (Å²) in [4.78, 5) is 7.02. The molecule has 0 saturated carbocycles. The van der Waals surface area contributed by atoms with E-state index in [1.807, 2.05) is 36.4 Å². The van der Waals surface area contributed by atoms with Gasteiger partial charge in [-0.3, -0.25) is 0 Å². The number of methoxy groups -OCH3 is 1. The lowest BCUT2D eigenvalue weighted by molar-refractivity contribution is 0.415. The number of nitrogens with zero attached hydrogens (tertiary/aromatic N) is 4. The highest BCUT2D eigenvalue weighted by atomic mass is 32.2. The monoisotopic (exact) mass is 452 g/mol. The van der Waals surface area contributed by atoms with Gasteiger partial charge in [-0.2, -0.15) is 0 Å². The third-order valence-electron chi connectivity index (χ3n) is 4.88. The molecule has 0 amide bonds. The predicted molar refractivity (Wildman–Crippen MR) is 127 cm³/mol. The number of benzene rings is 2. The van der Waals surface area contributed by atoms with Crippen LogP contribution in [0.5, 0.6) is 5.75 Å². The fourth-order valence-corrected chi connectivity index (χ4v) is 4.75. The number of aromatic nitrogens is 3. The summed E-state index contributed by atoms with van der Waals surface area (Å²) in [6, 6.07) is 16.2. The van der Waals surface area contributed by atoms with Gasteiger partial charge in [0.25, 0.3) is 5.22 Å². The Bertz CT molecular complexity index is 1100. The van der Waals surface area contributed by atoms with Gasteiger partial charge in [-0.15, -0.1) is 21.5 Å². The zero-order valence-corrected chi connectivity index (χ0v) is 19.4. The minimum Gasteiger partial charge on any atom is -0.497 e. The molecule has 0 fully saturated rings. The van der Waals surface area contributed by atoms with Crippen molar-refractivity contribution in [2.45, 2.75) is 24.8 Å². The first-order valence-electron chi connectivity index (χ1n) is 10.1. The second-order valence-electron chi connectivity index (χ2n) is 6.75. The summed E-state index contributed by atoms with van der Waals surface area (Å²) in [5.41, 5.74) is 4.18. The second kappa shape index (κ2) is 9.98. The van der Waals surface area contributed by atoms with Crippen LogP contribution >= 0.6 is 23.1 Å². The van der Waals surface area contributed by atoms with E-state index in [-0.39, 0.29) is 0 Å². The Morgan fingerprint density at radius 1 is 0.968 bits per heavy atom. The Kier molecular flexibility index (Phi) is 6.89. The molecule has 0 aliphatic carbocycles. The SMILES string of the molecule is CCN(CC)c1ccc(-c2nnc(SCc3csc(-c4ccc(OC)cc4)n3)o2)cc1. The van der Waals surface area contributed by atoms with Crippen LogP contribution in [0.1, 0.15) is 19.5 Å². The van der Waals surface area contributed by atoms with E-state index in [4.69, 9.17) is 14.1 Å². The first kappa shape index (κ1) is 21.4. The van der Waals surface area contributed by atoms with Crippen molar-refractivity contribution in [3.63, 3.8) is 0 Å². The number of thiazole rings is 1. The topological polar surface area (TPSA) is 64.3 Å². The van der Waals surface area contributed by atoms with Crippen LogP contribution in [-0.4, -0.2) is 35.4 Å². The summed E-state index contributed by atoms with van der Waals surface area (Å²) >= 11 is 3.12. The zero-order valence-electron chi connectivity index (χ0n) is 17.7. The minimum absolute atomic E-state index is 0.533. The van der Waals surface area contributed by atoms with Gasteiger partial charge in [-0.1, -0.05) is 11.8 Å². The molecule has 2 aromatic heterocycles. The molecule has 31 heavy (non-hydrogen) atoms. The second-order valence-corrected chi connectivity index (χ2v) is 8.54. The van der Waals surface area contributed by atoms with E-state index in [1.54, 1.807) is 18.4 Å². The predicted octanol–water partition coefficient (Wildman–Crippen LogP) is 6.01. The quantitative estimate of drug-likeness (QED) is 0.288. The van der Waals surface area contributed by atoms with Crippen molar-refractivity contribution in [2.24, 2.45) is 0 Å². The maximum absolute atomic E-state index is 5.85. The molecule has 0 unspecified atom stereocenters. The van der Waals surface area contributed by atoms with Crippen molar-refractivity contribution in [3.8, 4) is 27.8 Å². The lowest BCUT2D eigenvalue weighted by Crippen LogP contribution is -2.21. The number of anilines is 1. The largest absolute Gasteiger partial charge is 0.497 e. The van der Waals surface area contributed by atoms with Crippen molar-refractivity contribution in [2.75, 3.05) is 25.1 Å². The van der Waals surface area contributed by atoms with Crippen molar-refractivity contribution in [3.05, 3.63) is 59.6 Å². The van der Waals surface area contributed by atoms with Crippen molar-refractivity contribution < 1.29 is 9.15 Å². The summed E-state index contributed by atoms with van der Waals surface area (Å²) in [7, 11) is 1.66. The van der Waals surface area contributed by atoms with Crippen LogP contribution in [0.2, 0.25) is 0 Å². The number of thioether (sulfide) groups is 1. The lowest BCUT2D eigenvalue weighted by atomic mass is 10.2. The highest BCUT2D eigenvalue weighted by molar-refractivity contribution is 7.98. The molecule has 6 nitrogen and oxygen atoms in total. The van der Waals surface area contributed by atoms with Crippen LogP contribution in [0.25, 0.3) is 22.0 Å². The van der Waals surface area contributed by atoms with Gasteiger partial charge in [-0.25, -0.2) is 4.98 Å². The van der Waals surface area contributed by atoms with E-state index in [0.717, 1.165) is 40.7 Å². The van der Waals surface area contributed by atoms with Gasteiger partial charge in [-0.05, 0) is 62.4 Å². The van der Waals surface area contributed by atoms with Crippen molar-refractivity contribution in [1.29, 1.82) is 0 Å². The van der Waals surface area contributed by atoms with Crippen LogP contribution in [0.4, 0.5) is 5.69 Å². The molecule has 8 heteroatoms. The van der Waals surface area contributed by atoms with Crippen LogP contribution in [0.15, 0.2) is 63.6 Å². The molecule has 0 N–H and O–H groups in total. The summed E-state index contributed by atoms with van der Waals surface area (Å²) in [5, 5.41) is 12.0. The summed E-state index contributed by atoms with van der Waals surface area (Å²) in [5.74, 6) is 2.05. The average molecular weight is 453 g/mol. The van der Waals surface area contributed by atoms with E-state index in [2.05, 4.69) is 46.5 Å². The van der Waals surface area contributed by atoms with Gasteiger partial charge < -0.3 is 14.1 Å². The Hall–Kier alpha value is -2.84. The van der Waals surface area contributed by atoms with E-state index in [9.17, 15) is 0 Å². The van der Waals surface area contributed by atoms with Crippen molar-refractivity contribution in [1.82, 2.24) is 15.2 Å². The molecule has 2 aromatic carbocycles. The zero-order chi connectivity index (χ0) is 21.6. The highest BCUT2D eigenvalue weighted by Crippen LogP contribution is 2.30. The first-order valence-corrected chi connectivity index (χ1v) is 12.0. The molecular weight excluding hydrogens is 428 g/mol. The van der Waals surface area contributed by atoms with E-state index in [1.165, 1.54) is 17.4 Å². The van der Waals surface area contributed by atoms with Gasteiger partial charge in [0.05, 0.1) is 12.8 Å². The minimum atomic E-state index is 0.533. The van der Waals surface area contributed by atoms with E-state index < -0.39 is 0 Å².